The molecule has 0 bridgehead atoms. The van der Waals surface area contributed by atoms with Crippen LogP contribution < -0.4 is 15.5 Å². The Kier molecular flexibility index (Phi) is 10.5. The van der Waals surface area contributed by atoms with Crippen molar-refractivity contribution in [3.8, 4) is 0 Å². The number of pyridine rings is 1. The molecule has 0 spiro atoms. The lowest BCUT2D eigenvalue weighted by Gasteiger charge is -2.31. The molecule has 2 N–H and O–H groups in total. The molecular formula is C17H30IN5S. The second kappa shape index (κ2) is 11.8. The summed E-state index contributed by atoms with van der Waals surface area (Å²) in [7, 11) is 1.80. The maximum atomic E-state index is 4.63. The zero-order valence-electron chi connectivity index (χ0n) is 14.9. The fraction of sp³-hybridized carbons (Fsp3) is 0.647. The summed E-state index contributed by atoms with van der Waals surface area (Å²) in [5.41, 5.74) is 1.17. The Labute approximate surface area is 167 Å². The van der Waals surface area contributed by atoms with Crippen molar-refractivity contribution in [3.05, 3.63) is 23.9 Å². The predicted octanol–water partition coefficient (Wildman–Crippen LogP) is 2.96. The van der Waals surface area contributed by atoms with E-state index in [9.17, 15) is 0 Å². The molecule has 1 aromatic rings. The number of aliphatic imine (C=N–C) groups is 1. The number of anilines is 1. The summed E-state index contributed by atoms with van der Waals surface area (Å²) < 4.78 is 0. The molecule has 0 saturated carbocycles. The quantitative estimate of drug-likeness (QED) is 0.294. The highest BCUT2D eigenvalue weighted by Gasteiger charge is 2.16. The molecule has 1 aliphatic heterocycles. The topological polar surface area (TPSA) is 52.6 Å². The van der Waals surface area contributed by atoms with E-state index in [1.807, 2.05) is 18.0 Å². The van der Waals surface area contributed by atoms with Crippen molar-refractivity contribution in [1.82, 2.24) is 15.6 Å². The van der Waals surface area contributed by atoms with E-state index in [4.69, 9.17) is 0 Å². The summed E-state index contributed by atoms with van der Waals surface area (Å²) in [6, 6.07) is 4.29. The average Bonchev–Trinajstić information content (AvgIpc) is 2.59. The Morgan fingerprint density at radius 1 is 1.33 bits per heavy atom. The number of hydrogen-bond donors (Lipinski definition) is 2. The molecule has 136 valence electrons. The monoisotopic (exact) mass is 463 g/mol. The van der Waals surface area contributed by atoms with E-state index < -0.39 is 0 Å². The summed E-state index contributed by atoms with van der Waals surface area (Å²) in [6.45, 7) is 6.24. The molecule has 7 heteroatoms. The highest BCUT2D eigenvalue weighted by atomic mass is 127. The molecule has 24 heavy (non-hydrogen) atoms. The number of guanidine groups is 1. The van der Waals surface area contributed by atoms with Crippen LogP contribution in [0.15, 0.2) is 23.3 Å². The number of nitrogens with one attached hydrogen (secondary N) is 2. The molecule has 0 atom stereocenters. The number of thioether (sulfide) groups is 1. The van der Waals surface area contributed by atoms with Gasteiger partial charge in [0.15, 0.2) is 5.96 Å². The van der Waals surface area contributed by atoms with Gasteiger partial charge < -0.3 is 15.5 Å². The highest BCUT2D eigenvalue weighted by molar-refractivity contribution is 14.0. The van der Waals surface area contributed by atoms with E-state index in [1.165, 1.54) is 18.4 Å². The zero-order chi connectivity index (χ0) is 16.5. The van der Waals surface area contributed by atoms with Crippen LogP contribution >= 0.6 is 35.7 Å². The molecule has 0 unspecified atom stereocenters. The minimum Gasteiger partial charge on any atom is -0.357 e. The third-order valence-electron chi connectivity index (χ3n) is 4.20. The van der Waals surface area contributed by atoms with Gasteiger partial charge >= 0.3 is 0 Å². The Hall–Kier alpha value is -0.700. The van der Waals surface area contributed by atoms with Gasteiger partial charge in [-0.1, -0.05) is 13.0 Å². The van der Waals surface area contributed by atoms with Crippen molar-refractivity contribution in [2.75, 3.05) is 43.6 Å². The van der Waals surface area contributed by atoms with Crippen molar-refractivity contribution in [1.29, 1.82) is 0 Å². The molecule has 0 aromatic carbocycles. The van der Waals surface area contributed by atoms with E-state index in [2.05, 4.69) is 50.8 Å². The van der Waals surface area contributed by atoms with Gasteiger partial charge in [0.25, 0.3) is 0 Å². The first-order chi connectivity index (χ1) is 11.2. The van der Waals surface area contributed by atoms with E-state index in [-0.39, 0.29) is 24.0 Å². The molecule has 0 amide bonds. The normalized spacial score (nSPS) is 15.8. The maximum absolute atomic E-state index is 4.63. The third kappa shape index (κ3) is 7.04. The van der Waals surface area contributed by atoms with Crippen LogP contribution in [0.3, 0.4) is 0 Å². The van der Waals surface area contributed by atoms with Gasteiger partial charge in [-0.15, -0.1) is 24.0 Å². The molecule has 2 heterocycles. The lowest BCUT2D eigenvalue weighted by Crippen LogP contribution is -2.38. The number of hydrogen-bond acceptors (Lipinski definition) is 4. The van der Waals surface area contributed by atoms with Crippen LogP contribution in [0.5, 0.6) is 0 Å². The smallest absolute Gasteiger partial charge is 0.191 e. The minimum absolute atomic E-state index is 0. The maximum Gasteiger partial charge on any atom is 0.191 e. The van der Waals surface area contributed by atoms with Crippen molar-refractivity contribution in [3.63, 3.8) is 0 Å². The summed E-state index contributed by atoms with van der Waals surface area (Å²) >= 11 is 1.82. The molecule has 1 aromatic heterocycles. The minimum atomic E-state index is 0. The SMILES string of the molecule is CN=C(NCCSC)NCc1ccc(N2CCC(C)CC2)nc1.I. The van der Waals surface area contributed by atoms with Crippen LogP contribution in [0.4, 0.5) is 5.82 Å². The number of piperidine rings is 1. The van der Waals surface area contributed by atoms with E-state index in [0.29, 0.717) is 0 Å². The largest absolute Gasteiger partial charge is 0.357 e. The van der Waals surface area contributed by atoms with Gasteiger partial charge in [-0.2, -0.15) is 11.8 Å². The van der Waals surface area contributed by atoms with Gasteiger partial charge in [0.1, 0.15) is 5.82 Å². The molecule has 1 fully saturated rings. The molecule has 2 rings (SSSR count). The standard InChI is InChI=1S/C17H29N5S.HI/c1-14-6-9-22(10-7-14)16-5-4-15(12-20-16)13-21-17(18-2)19-8-11-23-3;/h4-5,12,14H,6-11,13H2,1-3H3,(H2,18,19,21);1H. The summed E-state index contributed by atoms with van der Waals surface area (Å²) in [6.07, 6.45) is 6.61. The molecule has 5 nitrogen and oxygen atoms in total. The van der Waals surface area contributed by atoms with Gasteiger partial charge in [0.05, 0.1) is 0 Å². The molecule has 0 aliphatic carbocycles. The first-order valence-corrected chi connectivity index (χ1v) is 9.75. The molecule has 1 aliphatic rings. The van der Waals surface area contributed by atoms with Crippen molar-refractivity contribution < 1.29 is 0 Å². The number of rotatable bonds is 6. The van der Waals surface area contributed by atoms with Crippen LogP contribution in [-0.4, -0.2) is 49.6 Å². The van der Waals surface area contributed by atoms with Crippen molar-refractivity contribution in [2.24, 2.45) is 10.9 Å². The molecule has 0 radical (unpaired) electrons. The lowest BCUT2D eigenvalue weighted by atomic mass is 9.99. The molecule has 1 saturated heterocycles. The zero-order valence-corrected chi connectivity index (χ0v) is 18.1. The van der Waals surface area contributed by atoms with E-state index >= 15 is 0 Å². The van der Waals surface area contributed by atoms with Crippen LogP contribution in [0, 0.1) is 5.92 Å². The van der Waals surface area contributed by atoms with Gasteiger partial charge in [-0.05, 0) is 36.6 Å². The van der Waals surface area contributed by atoms with Crippen LogP contribution in [0.1, 0.15) is 25.3 Å². The lowest BCUT2D eigenvalue weighted by molar-refractivity contribution is 0.436. The van der Waals surface area contributed by atoms with Crippen LogP contribution in [0.2, 0.25) is 0 Å². The highest BCUT2D eigenvalue weighted by Crippen LogP contribution is 2.21. The van der Waals surface area contributed by atoms with Crippen LogP contribution in [0.25, 0.3) is 0 Å². The van der Waals surface area contributed by atoms with Crippen LogP contribution in [-0.2, 0) is 6.54 Å². The first-order valence-electron chi connectivity index (χ1n) is 8.36. The second-order valence-corrected chi connectivity index (χ2v) is 7.03. The van der Waals surface area contributed by atoms with Gasteiger partial charge in [0, 0.05) is 45.2 Å². The summed E-state index contributed by atoms with van der Waals surface area (Å²) in [4.78, 5) is 11.2. The van der Waals surface area contributed by atoms with Gasteiger partial charge in [-0.3, -0.25) is 4.99 Å². The fourth-order valence-corrected chi connectivity index (χ4v) is 2.93. The van der Waals surface area contributed by atoms with Crippen molar-refractivity contribution in [2.45, 2.75) is 26.3 Å². The molecular weight excluding hydrogens is 433 g/mol. The van der Waals surface area contributed by atoms with E-state index in [1.54, 1.807) is 7.05 Å². The fourth-order valence-electron chi connectivity index (χ4n) is 2.62. The Morgan fingerprint density at radius 3 is 2.67 bits per heavy atom. The Bertz CT molecular complexity index is 486. The van der Waals surface area contributed by atoms with E-state index in [0.717, 1.165) is 49.6 Å². The third-order valence-corrected chi connectivity index (χ3v) is 4.81. The average molecular weight is 463 g/mol. The Morgan fingerprint density at radius 2 is 2.08 bits per heavy atom. The number of aromatic nitrogens is 1. The Balaban J connectivity index is 0.00000288. The summed E-state index contributed by atoms with van der Waals surface area (Å²) in [5, 5.41) is 6.62. The predicted molar refractivity (Wildman–Crippen MR) is 117 cm³/mol. The van der Waals surface area contributed by atoms with Gasteiger partial charge in [0.2, 0.25) is 0 Å². The summed E-state index contributed by atoms with van der Waals surface area (Å²) in [5.74, 6) is 3.86. The van der Waals surface area contributed by atoms with Gasteiger partial charge in [-0.25, -0.2) is 4.98 Å². The number of nitrogens with zero attached hydrogens (tertiary/aromatic N) is 3. The van der Waals surface area contributed by atoms with Crippen molar-refractivity contribution >= 4 is 47.5 Å². The second-order valence-electron chi connectivity index (χ2n) is 6.04. The number of halogens is 1. The first kappa shape index (κ1) is 21.3.